The summed E-state index contributed by atoms with van der Waals surface area (Å²) in [4.78, 5) is 14.3. The number of hydrogen-bond donors (Lipinski definition) is 2. The fourth-order valence-electron chi connectivity index (χ4n) is 3.30. The minimum absolute atomic E-state index is 0.0928. The van der Waals surface area contributed by atoms with Crippen LogP contribution in [-0.2, 0) is 16.4 Å². The molecule has 0 unspecified atom stereocenters. The molecule has 7 heteroatoms. The molecule has 1 fully saturated rings. The summed E-state index contributed by atoms with van der Waals surface area (Å²) in [6, 6.07) is 4.74. The van der Waals surface area contributed by atoms with E-state index in [0.717, 1.165) is 31.6 Å². The Balaban J connectivity index is 1.83. The van der Waals surface area contributed by atoms with Crippen molar-refractivity contribution < 1.29 is 13.2 Å². The third-order valence-corrected chi connectivity index (χ3v) is 6.25. The van der Waals surface area contributed by atoms with E-state index in [-0.39, 0.29) is 22.8 Å². The lowest BCUT2D eigenvalue weighted by Crippen LogP contribution is -2.40. The highest BCUT2D eigenvalue weighted by Crippen LogP contribution is 2.22. The van der Waals surface area contributed by atoms with E-state index < -0.39 is 10.0 Å². The monoisotopic (exact) mass is 337 g/mol. The number of hydrogen-bond acceptors (Lipinski definition) is 4. The van der Waals surface area contributed by atoms with Gasteiger partial charge in [-0.1, -0.05) is 19.9 Å². The van der Waals surface area contributed by atoms with Crippen LogP contribution >= 0.6 is 0 Å². The minimum atomic E-state index is -3.62. The van der Waals surface area contributed by atoms with Gasteiger partial charge < -0.3 is 10.2 Å². The second-order valence-electron chi connectivity index (χ2n) is 6.38. The molecule has 1 amide bonds. The van der Waals surface area contributed by atoms with Gasteiger partial charge in [0.05, 0.1) is 4.90 Å². The summed E-state index contributed by atoms with van der Waals surface area (Å²) < 4.78 is 28.1. The van der Waals surface area contributed by atoms with Crippen LogP contribution in [0, 0.1) is 5.92 Å². The fourth-order valence-corrected chi connectivity index (χ4v) is 4.67. The first-order valence-corrected chi connectivity index (χ1v) is 9.55. The summed E-state index contributed by atoms with van der Waals surface area (Å²) in [5.74, 6) is 0.0698. The van der Waals surface area contributed by atoms with Crippen LogP contribution in [0.25, 0.3) is 0 Å². The third-order valence-electron chi connectivity index (χ3n) is 4.76. The molecular weight excluding hydrogens is 314 g/mol. The Morgan fingerprint density at radius 2 is 2.13 bits per heavy atom. The van der Waals surface area contributed by atoms with Crippen molar-refractivity contribution >= 4 is 15.9 Å². The number of nitrogens with zero attached hydrogens (tertiary/aromatic N) is 1. The predicted molar refractivity (Wildman–Crippen MR) is 87.9 cm³/mol. The Kier molecular flexibility index (Phi) is 4.44. The smallest absolute Gasteiger partial charge is 0.251 e. The van der Waals surface area contributed by atoms with Crippen LogP contribution in [0.4, 0.5) is 0 Å². The van der Waals surface area contributed by atoms with Crippen LogP contribution in [0.3, 0.4) is 0 Å². The molecule has 23 heavy (non-hydrogen) atoms. The van der Waals surface area contributed by atoms with Gasteiger partial charge in [-0.25, -0.2) is 13.1 Å². The summed E-state index contributed by atoms with van der Waals surface area (Å²) in [7, 11) is -3.62. The number of carbonyl (C=O) groups excluding carboxylic acids is 1. The fraction of sp³-hybridized carbons (Fsp3) is 0.562. The van der Waals surface area contributed by atoms with Gasteiger partial charge in [0.25, 0.3) is 5.91 Å². The van der Waals surface area contributed by atoms with Crippen LogP contribution < -0.4 is 10.0 Å². The summed E-state index contributed by atoms with van der Waals surface area (Å²) in [6.07, 6.45) is 0.736. The predicted octanol–water partition coefficient (Wildman–Crippen LogP) is 0.591. The van der Waals surface area contributed by atoms with Crippen molar-refractivity contribution in [3.63, 3.8) is 0 Å². The van der Waals surface area contributed by atoms with Crippen molar-refractivity contribution in [1.29, 1.82) is 0 Å². The molecule has 1 aromatic rings. The molecule has 0 aromatic heterocycles. The Morgan fingerprint density at radius 1 is 1.35 bits per heavy atom. The Hall–Kier alpha value is -1.44. The SMILES string of the molecule is CCN1C[C@@H](C)[C@H](NS(=O)(=O)c2ccc3c(c2)C(=O)NCC3)C1. The molecule has 0 saturated carbocycles. The minimum Gasteiger partial charge on any atom is -0.352 e. The van der Waals surface area contributed by atoms with Gasteiger partial charge in [-0.2, -0.15) is 0 Å². The van der Waals surface area contributed by atoms with Crippen molar-refractivity contribution in [3.05, 3.63) is 29.3 Å². The van der Waals surface area contributed by atoms with Gasteiger partial charge in [0.1, 0.15) is 0 Å². The molecule has 0 bridgehead atoms. The number of likely N-dealkylation sites (tertiary alicyclic amines) is 1. The van der Waals surface area contributed by atoms with Gasteiger partial charge in [-0.3, -0.25) is 4.79 Å². The highest BCUT2D eigenvalue weighted by molar-refractivity contribution is 7.89. The lowest BCUT2D eigenvalue weighted by Gasteiger charge is -2.19. The molecule has 2 aliphatic heterocycles. The molecule has 2 aliphatic rings. The second-order valence-corrected chi connectivity index (χ2v) is 8.10. The highest BCUT2D eigenvalue weighted by Gasteiger charge is 2.32. The molecule has 0 spiro atoms. The van der Waals surface area contributed by atoms with Gasteiger partial charge in [-0.15, -0.1) is 0 Å². The summed E-state index contributed by atoms with van der Waals surface area (Å²) in [5, 5.41) is 2.75. The summed E-state index contributed by atoms with van der Waals surface area (Å²) in [6.45, 7) is 7.28. The molecule has 3 rings (SSSR count). The average Bonchev–Trinajstić information content (AvgIpc) is 2.87. The molecule has 6 nitrogen and oxygen atoms in total. The number of carbonyl (C=O) groups is 1. The maximum Gasteiger partial charge on any atom is 0.251 e. The van der Waals surface area contributed by atoms with Crippen molar-refractivity contribution in [2.24, 2.45) is 5.92 Å². The molecule has 0 aliphatic carbocycles. The zero-order chi connectivity index (χ0) is 16.6. The molecule has 0 radical (unpaired) electrons. The van der Waals surface area contributed by atoms with Crippen molar-refractivity contribution in [2.75, 3.05) is 26.2 Å². The van der Waals surface area contributed by atoms with Gasteiger partial charge in [0, 0.05) is 31.2 Å². The molecular formula is C16H23N3O3S. The largest absolute Gasteiger partial charge is 0.352 e. The van der Waals surface area contributed by atoms with Crippen LogP contribution in [0.5, 0.6) is 0 Å². The maximum atomic E-state index is 12.7. The van der Waals surface area contributed by atoms with Crippen molar-refractivity contribution in [1.82, 2.24) is 14.9 Å². The highest BCUT2D eigenvalue weighted by atomic mass is 32.2. The van der Waals surface area contributed by atoms with E-state index in [4.69, 9.17) is 0 Å². The first-order chi connectivity index (χ1) is 10.9. The van der Waals surface area contributed by atoms with E-state index in [1.54, 1.807) is 12.1 Å². The van der Waals surface area contributed by atoms with E-state index in [0.29, 0.717) is 12.1 Å². The van der Waals surface area contributed by atoms with Gasteiger partial charge >= 0.3 is 0 Å². The first kappa shape index (κ1) is 16.4. The van der Waals surface area contributed by atoms with E-state index in [9.17, 15) is 13.2 Å². The summed E-state index contributed by atoms with van der Waals surface area (Å²) in [5.41, 5.74) is 1.37. The van der Waals surface area contributed by atoms with E-state index in [1.165, 1.54) is 6.07 Å². The second kappa shape index (κ2) is 6.22. The number of benzene rings is 1. The lowest BCUT2D eigenvalue weighted by atomic mass is 10.0. The molecule has 2 atom stereocenters. The number of amides is 1. The van der Waals surface area contributed by atoms with Crippen LogP contribution in [0.2, 0.25) is 0 Å². The third kappa shape index (κ3) is 3.27. The number of likely N-dealkylation sites (N-methyl/N-ethyl adjacent to an activating group) is 1. The van der Waals surface area contributed by atoms with Crippen LogP contribution in [0.1, 0.15) is 29.8 Å². The number of fused-ring (bicyclic) bond motifs is 1. The number of nitrogens with one attached hydrogen (secondary N) is 2. The van der Waals surface area contributed by atoms with E-state index in [1.807, 2.05) is 0 Å². The molecule has 2 heterocycles. The molecule has 1 aromatic carbocycles. The average molecular weight is 337 g/mol. The van der Waals surface area contributed by atoms with E-state index in [2.05, 4.69) is 28.8 Å². The van der Waals surface area contributed by atoms with Crippen LogP contribution in [0.15, 0.2) is 23.1 Å². The Bertz CT molecular complexity index is 717. The van der Waals surface area contributed by atoms with Crippen LogP contribution in [-0.4, -0.2) is 51.4 Å². The van der Waals surface area contributed by atoms with Gasteiger partial charge in [0.2, 0.25) is 10.0 Å². The number of rotatable bonds is 4. The van der Waals surface area contributed by atoms with Crippen molar-refractivity contribution in [2.45, 2.75) is 31.2 Å². The summed E-state index contributed by atoms with van der Waals surface area (Å²) >= 11 is 0. The number of sulfonamides is 1. The topological polar surface area (TPSA) is 78.5 Å². The molecule has 1 saturated heterocycles. The Labute approximate surface area is 137 Å². The van der Waals surface area contributed by atoms with Crippen molar-refractivity contribution in [3.8, 4) is 0 Å². The molecule has 126 valence electrons. The molecule has 2 N–H and O–H groups in total. The quantitative estimate of drug-likeness (QED) is 0.843. The van der Waals surface area contributed by atoms with Gasteiger partial charge in [0.15, 0.2) is 0 Å². The lowest BCUT2D eigenvalue weighted by molar-refractivity contribution is 0.0945. The van der Waals surface area contributed by atoms with Gasteiger partial charge in [-0.05, 0) is 36.6 Å². The van der Waals surface area contributed by atoms with E-state index >= 15 is 0 Å². The standard InChI is InChI=1S/C16H23N3O3S/c1-3-19-9-11(2)15(10-19)18-23(21,22)13-5-4-12-6-7-17-16(20)14(12)8-13/h4-5,8,11,15,18H,3,6-7,9-10H2,1-2H3,(H,17,20)/t11-,15-/m1/s1. The normalized spacial score (nSPS) is 25.2. The maximum absolute atomic E-state index is 12.7. The first-order valence-electron chi connectivity index (χ1n) is 8.06. The zero-order valence-electron chi connectivity index (χ0n) is 13.5. The zero-order valence-corrected chi connectivity index (χ0v) is 14.3. The Morgan fingerprint density at radius 3 is 2.83 bits per heavy atom.